The van der Waals surface area contributed by atoms with Crippen LogP contribution in [0, 0.1) is 19.7 Å². The molecule has 1 heterocycles. The predicted octanol–water partition coefficient (Wildman–Crippen LogP) is 3.85. The number of aryl methyl sites for hydroxylation is 2. The van der Waals surface area contributed by atoms with Crippen molar-refractivity contribution in [3.8, 4) is 0 Å². The topological polar surface area (TPSA) is 40.6 Å². The van der Waals surface area contributed by atoms with Crippen LogP contribution >= 0.6 is 15.9 Å². The third-order valence-electron chi connectivity index (χ3n) is 4.30. The number of rotatable bonds is 2. The number of sulfonamides is 1. The van der Waals surface area contributed by atoms with Crippen molar-refractivity contribution in [2.24, 2.45) is 0 Å². The van der Waals surface area contributed by atoms with Crippen LogP contribution in [-0.4, -0.2) is 28.6 Å². The summed E-state index contributed by atoms with van der Waals surface area (Å²) >= 11 is 3.10. The Bertz CT molecular complexity index is 915. The zero-order valence-electron chi connectivity index (χ0n) is 13.7. The van der Waals surface area contributed by atoms with Crippen molar-refractivity contribution in [3.05, 3.63) is 51.7 Å². The number of hydrogen-bond acceptors (Lipinski definition) is 3. The van der Waals surface area contributed by atoms with Gasteiger partial charge in [0.15, 0.2) is 0 Å². The highest BCUT2D eigenvalue weighted by Gasteiger charge is 2.33. The van der Waals surface area contributed by atoms with Crippen molar-refractivity contribution in [2.45, 2.75) is 18.7 Å². The van der Waals surface area contributed by atoms with Gasteiger partial charge in [-0.3, -0.25) is 4.31 Å². The lowest BCUT2D eigenvalue weighted by Gasteiger charge is -2.37. The molecule has 0 saturated heterocycles. The Morgan fingerprint density at radius 1 is 1.12 bits per heavy atom. The van der Waals surface area contributed by atoms with Crippen molar-refractivity contribution in [1.82, 2.24) is 0 Å². The summed E-state index contributed by atoms with van der Waals surface area (Å²) < 4.78 is 42.0. The van der Waals surface area contributed by atoms with E-state index in [2.05, 4.69) is 15.9 Å². The summed E-state index contributed by atoms with van der Waals surface area (Å²) in [6.07, 6.45) is 0. The molecular weight excluding hydrogens is 395 g/mol. The number of nitrogens with zero attached hydrogens (tertiary/aromatic N) is 2. The Labute approximate surface area is 150 Å². The summed E-state index contributed by atoms with van der Waals surface area (Å²) in [6, 6.07) is 8.28. The van der Waals surface area contributed by atoms with Gasteiger partial charge in [-0.2, -0.15) is 0 Å². The fraction of sp³-hybridized carbons (Fsp3) is 0.294. The van der Waals surface area contributed by atoms with Crippen LogP contribution in [0.15, 0.2) is 39.7 Å². The van der Waals surface area contributed by atoms with Gasteiger partial charge in [0.25, 0.3) is 10.0 Å². The first-order valence-corrected chi connectivity index (χ1v) is 9.76. The van der Waals surface area contributed by atoms with Crippen molar-refractivity contribution in [1.29, 1.82) is 0 Å². The number of hydrogen-bond donors (Lipinski definition) is 0. The Hall–Kier alpha value is -1.60. The van der Waals surface area contributed by atoms with Crippen molar-refractivity contribution in [2.75, 3.05) is 29.3 Å². The van der Waals surface area contributed by atoms with Gasteiger partial charge in [-0.25, -0.2) is 12.8 Å². The zero-order valence-corrected chi connectivity index (χ0v) is 16.1. The Kier molecular flexibility index (Phi) is 4.34. The van der Waals surface area contributed by atoms with Crippen LogP contribution in [0.1, 0.15) is 11.1 Å². The molecule has 4 nitrogen and oxygen atoms in total. The second kappa shape index (κ2) is 6.04. The molecule has 1 aliphatic heterocycles. The summed E-state index contributed by atoms with van der Waals surface area (Å²) in [6.45, 7) is 4.46. The number of halogens is 2. The van der Waals surface area contributed by atoms with E-state index in [0.717, 1.165) is 17.3 Å². The molecule has 0 bridgehead atoms. The van der Waals surface area contributed by atoms with Crippen LogP contribution in [-0.2, 0) is 10.0 Å². The molecule has 1 aliphatic rings. The number of fused-ring (bicyclic) bond motifs is 1. The van der Waals surface area contributed by atoms with Gasteiger partial charge in [-0.1, -0.05) is 12.1 Å². The number of benzene rings is 2. The maximum atomic E-state index is 14.0. The molecule has 0 aliphatic carbocycles. The summed E-state index contributed by atoms with van der Waals surface area (Å²) in [5, 5.41) is 0. The lowest BCUT2D eigenvalue weighted by molar-refractivity contribution is 0.582. The molecule has 0 amide bonds. The van der Waals surface area contributed by atoms with E-state index in [1.807, 2.05) is 37.1 Å². The normalized spacial score (nSPS) is 14.7. The molecule has 0 aromatic heterocycles. The van der Waals surface area contributed by atoms with Gasteiger partial charge in [0.05, 0.1) is 27.3 Å². The van der Waals surface area contributed by atoms with Crippen LogP contribution < -0.4 is 9.21 Å². The van der Waals surface area contributed by atoms with E-state index in [9.17, 15) is 12.8 Å². The van der Waals surface area contributed by atoms with E-state index >= 15 is 0 Å². The average Bonchev–Trinajstić information content (AvgIpc) is 2.51. The van der Waals surface area contributed by atoms with Crippen molar-refractivity contribution >= 4 is 37.3 Å². The molecule has 0 fully saturated rings. The smallest absolute Gasteiger partial charge is 0.264 e. The highest BCUT2D eigenvalue weighted by Crippen LogP contribution is 2.39. The molecule has 3 rings (SSSR count). The Morgan fingerprint density at radius 2 is 1.83 bits per heavy atom. The average molecular weight is 413 g/mol. The second-order valence-corrected chi connectivity index (χ2v) is 8.66. The second-order valence-electron chi connectivity index (χ2n) is 5.97. The lowest BCUT2D eigenvalue weighted by atomic mass is 10.1. The highest BCUT2D eigenvalue weighted by molar-refractivity contribution is 9.10. The molecule has 0 radical (unpaired) electrons. The SMILES string of the molecule is Cc1cc(Br)c(F)cc1S(=O)(=O)N1CCN(C)c2cccc(C)c21. The van der Waals surface area contributed by atoms with E-state index in [1.165, 1.54) is 10.4 Å². The highest BCUT2D eigenvalue weighted by atomic mass is 79.9. The third kappa shape index (κ3) is 2.69. The molecule has 0 atom stereocenters. The number of anilines is 2. The molecule has 0 spiro atoms. The molecule has 2 aromatic carbocycles. The predicted molar refractivity (Wildman–Crippen MR) is 97.8 cm³/mol. The summed E-state index contributed by atoms with van der Waals surface area (Å²) in [5.74, 6) is -0.585. The molecule has 0 saturated carbocycles. The Morgan fingerprint density at radius 3 is 2.54 bits per heavy atom. The molecule has 0 N–H and O–H groups in total. The van der Waals surface area contributed by atoms with Crippen molar-refractivity contribution < 1.29 is 12.8 Å². The first-order valence-electron chi connectivity index (χ1n) is 7.52. The standard InChI is InChI=1S/C17H18BrFN2O2S/c1-11-5-4-6-15-17(11)21(8-7-20(15)3)24(22,23)16-10-14(19)13(18)9-12(16)2/h4-6,9-10H,7-8H2,1-3H3. The molecule has 0 unspecified atom stereocenters. The third-order valence-corrected chi connectivity index (χ3v) is 6.85. The summed E-state index contributed by atoms with van der Waals surface area (Å²) in [4.78, 5) is 2.03. The maximum Gasteiger partial charge on any atom is 0.264 e. The fourth-order valence-electron chi connectivity index (χ4n) is 3.01. The molecule has 128 valence electrons. The monoisotopic (exact) mass is 412 g/mol. The summed E-state index contributed by atoms with van der Waals surface area (Å²) in [7, 11) is -1.91. The Balaban J connectivity index is 2.20. The first kappa shape index (κ1) is 17.2. The van der Waals surface area contributed by atoms with Gasteiger partial charge in [0.1, 0.15) is 5.82 Å². The van der Waals surface area contributed by atoms with Gasteiger partial charge in [0, 0.05) is 13.6 Å². The van der Waals surface area contributed by atoms with Gasteiger partial charge in [0.2, 0.25) is 0 Å². The van der Waals surface area contributed by atoms with Crippen LogP contribution in [0.3, 0.4) is 0 Å². The van der Waals surface area contributed by atoms with Gasteiger partial charge in [-0.05, 0) is 59.1 Å². The van der Waals surface area contributed by atoms with E-state index in [-0.39, 0.29) is 9.37 Å². The largest absolute Gasteiger partial charge is 0.371 e. The summed E-state index contributed by atoms with van der Waals surface area (Å²) in [5.41, 5.74) is 2.91. The van der Waals surface area contributed by atoms with Gasteiger partial charge >= 0.3 is 0 Å². The number of para-hydroxylation sites is 1. The van der Waals surface area contributed by atoms with E-state index < -0.39 is 15.8 Å². The van der Waals surface area contributed by atoms with E-state index in [0.29, 0.717) is 24.3 Å². The molecule has 2 aromatic rings. The van der Waals surface area contributed by atoms with Crippen LogP contribution in [0.5, 0.6) is 0 Å². The minimum absolute atomic E-state index is 0.00181. The van der Waals surface area contributed by atoms with Crippen LogP contribution in [0.4, 0.5) is 15.8 Å². The van der Waals surface area contributed by atoms with Gasteiger partial charge in [-0.15, -0.1) is 0 Å². The fourth-order valence-corrected chi connectivity index (χ4v) is 5.23. The molecule has 24 heavy (non-hydrogen) atoms. The van der Waals surface area contributed by atoms with Crippen LogP contribution in [0.25, 0.3) is 0 Å². The quantitative estimate of drug-likeness (QED) is 0.751. The number of likely N-dealkylation sites (N-methyl/N-ethyl adjacent to an activating group) is 1. The minimum atomic E-state index is -3.85. The minimum Gasteiger partial charge on any atom is -0.371 e. The first-order chi connectivity index (χ1) is 11.2. The van der Waals surface area contributed by atoms with Gasteiger partial charge < -0.3 is 4.90 Å². The maximum absolute atomic E-state index is 14.0. The lowest BCUT2D eigenvalue weighted by Crippen LogP contribution is -2.43. The van der Waals surface area contributed by atoms with Crippen molar-refractivity contribution in [3.63, 3.8) is 0 Å². The zero-order chi connectivity index (χ0) is 17.6. The van der Waals surface area contributed by atoms with E-state index in [1.54, 1.807) is 6.92 Å². The molecular formula is C17H18BrFN2O2S. The van der Waals surface area contributed by atoms with Crippen LogP contribution in [0.2, 0.25) is 0 Å². The molecule has 7 heteroatoms. The van der Waals surface area contributed by atoms with E-state index in [4.69, 9.17) is 0 Å².